The summed E-state index contributed by atoms with van der Waals surface area (Å²) in [7, 11) is 0. The van der Waals surface area contributed by atoms with Crippen molar-refractivity contribution in [3.8, 4) is 0 Å². The lowest BCUT2D eigenvalue weighted by atomic mass is 9.77. The van der Waals surface area contributed by atoms with Gasteiger partial charge in [-0.15, -0.1) is 0 Å². The zero-order valence-electron chi connectivity index (χ0n) is 11.5. The van der Waals surface area contributed by atoms with Crippen molar-refractivity contribution >= 4 is 5.91 Å². The molecule has 0 radical (unpaired) electrons. The largest absolute Gasteiger partial charge is 0.394 e. The van der Waals surface area contributed by atoms with Gasteiger partial charge in [0.1, 0.15) is 0 Å². The smallest absolute Gasteiger partial charge is 0.392 e. The highest BCUT2D eigenvalue weighted by Gasteiger charge is 2.48. The summed E-state index contributed by atoms with van der Waals surface area (Å²) in [6.07, 6.45) is -2.95. The summed E-state index contributed by atoms with van der Waals surface area (Å²) in [5.41, 5.74) is -1.25. The van der Waals surface area contributed by atoms with E-state index in [1.54, 1.807) is 6.92 Å². The normalized spacial score (nSPS) is 24.5. The van der Waals surface area contributed by atoms with E-state index in [2.05, 4.69) is 5.32 Å². The molecule has 1 aliphatic carbocycles. The third-order valence-electron chi connectivity index (χ3n) is 4.19. The maximum atomic E-state index is 13.0. The van der Waals surface area contributed by atoms with Crippen LogP contribution in [0.2, 0.25) is 0 Å². The van der Waals surface area contributed by atoms with Gasteiger partial charge in [-0.25, -0.2) is 0 Å². The molecule has 1 rings (SSSR count). The average molecular weight is 297 g/mol. The molecule has 4 nitrogen and oxygen atoms in total. The summed E-state index contributed by atoms with van der Waals surface area (Å²) >= 11 is 0. The van der Waals surface area contributed by atoms with Crippen LogP contribution in [0.15, 0.2) is 0 Å². The van der Waals surface area contributed by atoms with Gasteiger partial charge in [0.25, 0.3) is 0 Å². The highest BCUT2D eigenvalue weighted by molar-refractivity contribution is 5.80. The van der Waals surface area contributed by atoms with Gasteiger partial charge >= 0.3 is 6.18 Å². The number of carbonyl (C=O) groups is 1. The van der Waals surface area contributed by atoms with E-state index in [-0.39, 0.29) is 19.3 Å². The van der Waals surface area contributed by atoms with Gasteiger partial charge < -0.3 is 15.5 Å². The van der Waals surface area contributed by atoms with Gasteiger partial charge in [-0.3, -0.25) is 4.79 Å². The van der Waals surface area contributed by atoms with Crippen LogP contribution in [0.5, 0.6) is 0 Å². The molecule has 7 heteroatoms. The Kier molecular flexibility index (Phi) is 5.82. The van der Waals surface area contributed by atoms with Crippen molar-refractivity contribution in [3.63, 3.8) is 0 Å². The number of aliphatic hydroxyl groups is 2. The maximum absolute atomic E-state index is 13.0. The first-order chi connectivity index (χ1) is 9.29. The van der Waals surface area contributed by atoms with E-state index in [0.29, 0.717) is 12.8 Å². The van der Waals surface area contributed by atoms with E-state index in [4.69, 9.17) is 0 Å². The van der Waals surface area contributed by atoms with Crippen molar-refractivity contribution in [1.82, 2.24) is 5.32 Å². The number of hydrogen-bond donors (Lipinski definition) is 3. The maximum Gasteiger partial charge on any atom is 0.392 e. The molecule has 2 atom stereocenters. The number of aliphatic hydroxyl groups excluding tert-OH is 2. The highest BCUT2D eigenvalue weighted by Crippen LogP contribution is 2.41. The molecule has 0 saturated heterocycles. The molecule has 2 unspecified atom stereocenters. The third kappa shape index (κ3) is 3.85. The molecule has 1 amide bonds. The highest BCUT2D eigenvalue weighted by atomic mass is 19.4. The Balaban J connectivity index is 2.83. The summed E-state index contributed by atoms with van der Waals surface area (Å²) in [6, 6.07) is 0. The van der Waals surface area contributed by atoms with Crippen molar-refractivity contribution in [2.24, 2.45) is 11.8 Å². The van der Waals surface area contributed by atoms with Gasteiger partial charge in [-0.1, -0.05) is 19.8 Å². The molecule has 1 aliphatic rings. The minimum Gasteiger partial charge on any atom is -0.394 e. The SMILES string of the molecule is CCC(CO)(CO)NC(=O)C1CCCCC1C(F)(F)F. The molecule has 0 aromatic rings. The molecule has 118 valence electrons. The Labute approximate surface area is 116 Å². The van der Waals surface area contributed by atoms with Crippen LogP contribution >= 0.6 is 0 Å². The molecule has 3 N–H and O–H groups in total. The number of alkyl halides is 3. The Morgan fingerprint density at radius 1 is 1.20 bits per heavy atom. The van der Waals surface area contributed by atoms with Gasteiger partial charge in [0.15, 0.2) is 0 Å². The number of amides is 1. The molecule has 0 aliphatic heterocycles. The van der Waals surface area contributed by atoms with Gasteiger partial charge in [0, 0.05) is 5.92 Å². The predicted molar refractivity (Wildman–Crippen MR) is 66.8 cm³/mol. The second kappa shape index (κ2) is 6.76. The zero-order valence-corrected chi connectivity index (χ0v) is 11.5. The number of halogens is 3. The minimum atomic E-state index is -4.39. The lowest BCUT2D eigenvalue weighted by Crippen LogP contribution is -2.57. The van der Waals surface area contributed by atoms with Crippen LogP contribution < -0.4 is 5.32 Å². The zero-order chi connectivity index (χ0) is 15.4. The molecule has 0 heterocycles. The monoisotopic (exact) mass is 297 g/mol. The number of carbonyl (C=O) groups excluding carboxylic acids is 1. The van der Waals surface area contributed by atoms with Crippen LogP contribution in [-0.2, 0) is 4.79 Å². The molecular weight excluding hydrogens is 275 g/mol. The Hall–Kier alpha value is -0.820. The third-order valence-corrected chi connectivity index (χ3v) is 4.19. The molecule has 0 aromatic carbocycles. The van der Waals surface area contributed by atoms with Gasteiger partial charge in [0.2, 0.25) is 5.91 Å². The molecule has 0 spiro atoms. The van der Waals surface area contributed by atoms with Crippen molar-refractivity contribution in [3.05, 3.63) is 0 Å². The first-order valence-electron chi connectivity index (χ1n) is 6.90. The number of nitrogens with one attached hydrogen (secondary N) is 1. The quantitative estimate of drug-likeness (QED) is 0.722. The number of hydrogen-bond acceptors (Lipinski definition) is 3. The molecular formula is C13H22F3NO3. The fraction of sp³-hybridized carbons (Fsp3) is 0.923. The minimum absolute atomic E-state index is 0.0427. The Morgan fingerprint density at radius 3 is 2.20 bits per heavy atom. The number of rotatable bonds is 5. The van der Waals surface area contributed by atoms with Gasteiger partial charge in [0.05, 0.1) is 24.7 Å². The van der Waals surface area contributed by atoms with Crippen LogP contribution in [0.25, 0.3) is 0 Å². The average Bonchev–Trinajstić information content (AvgIpc) is 2.44. The van der Waals surface area contributed by atoms with Crippen LogP contribution in [0, 0.1) is 11.8 Å². The Morgan fingerprint density at radius 2 is 1.75 bits per heavy atom. The molecule has 20 heavy (non-hydrogen) atoms. The van der Waals surface area contributed by atoms with E-state index in [1.165, 1.54) is 0 Å². The first kappa shape index (κ1) is 17.2. The Bertz CT molecular complexity index is 321. The summed E-state index contributed by atoms with van der Waals surface area (Å²) < 4.78 is 38.9. The second-order valence-electron chi connectivity index (χ2n) is 5.48. The van der Waals surface area contributed by atoms with Crippen molar-refractivity contribution in [1.29, 1.82) is 0 Å². The van der Waals surface area contributed by atoms with Crippen LogP contribution in [-0.4, -0.2) is 41.0 Å². The lowest BCUT2D eigenvalue weighted by Gasteiger charge is -2.36. The fourth-order valence-corrected chi connectivity index (χ4v) is 2.63. The van der Waals surface area contributed by atoms with E-state index in [9.17, 15) is 28.2 Å². The molecule has 1 fully saturated rings. The summed E-state index contributed by atoms with van der Waals surface area (Å²) in [5.74, 6) is -3.49. The molecule has 0 aromatic heterocycles. The summed E-state index contributed by atoms with van der Waals surface area (Å²) in [5, 5.41) is 20.9. The second-order valence-corrected chi connectivity index (χ2v) is 5.48. The van der Waals surface area contributed by atoms with Crippen molar-refractivity contribution in [2.45, 2.75) is 50.7 Å². The van der Waals surface area contributed by atoms with E-state index in [1.807, 2.05) is 0 Å². The summed E-state index contributed by atoms with van der Waals surface area (Å²) in [6.45, 7) is 0.638. The van der Waals surface area contributed by atoms with E-state index >= 15 is 0 Å². The van der Waals surface area contributed by atoms with Crippen molar-refractivity contribution < 1.29 is 28.2 Å². The van der Waals surface area contributed by atoms with Gasteiger partial charge in [-0.2, -0.15) is 13.2 Å². The standard InChI is InChI=1S/C13H22F3NO3/c1-2-12(7-18,8-19)17-11(20)9-5-3-4-6-10(9)13(14,15)16/h9-10,18-19H,2-8H2,1H3,(H,17,20). The summed E-state index contributed by atoms with van der Waals surface area (Å²) in [4.78, 5) is 12.1. The topological polar surface area (TPSA) is 69.6 Å². The van der Waals surface area contributed by atoms with Crippen molar-refractivity contribution in [2.75, 3.05) is 13.2 Å². The van der Waals surface area contributed by atoms with Crippen LogP contribution in [0.4, 0.5) is 13.2 Å². The van der Waals surface area contributed by atoms with Crippen LogP contribution in [0.1, 0.15) is 39.0 Å². The van der Waals surface area contributed by atoms with E-state index < -0.39 is 42.7 Å². The molecule has 1 saturated carbocycles. The lowest BCUT2D eigenvalue weighted by molar-refractivity contribution is -0.198. The first-order valence-corrected chi connectivity index (χ1v) is 6.90. The fourth-order valence-electron chi connectivity index (χ4n) is 2.63. The predicted octanol–water partition coefficient (Wildman–Crippen LogP) is 1.60. The molecule has 0 bridgehead atoms. The van der Waals surface area contributed by atoms with Gasteiger partial charge in [-0.05, 0) is 19.3 Å². The van der Waals surface area contributed by atoms with Crippen LogP contribution in [0.3, 0.4) is 0 Å². The van der Waals surface area contributed by atoms with E-state index in [0.717, 1.165) is 0 Å².